The van der Waals surface area contributed by atoms with E-state index in [1.807, 2.05) is 0 Å². The van der Waals surface area contributed by atoms with Crippen molar-refractivity contribution in [3.63, 3.8) is 0 Å². The van der Waals surface area contributed by atoms with E-state index < -0.39 is 0 Å². The van der Waals surface area contributed by atoms with Crippen molar-refractivity contribution >= 4 is 5.78 Å². The zero-order valence-corrected chi connectivity index (χ0v) is 21.3. The number of hydrogen-bond acceptors (Lipinski definition) is 1. The van der Waals surface area contributed by atoms with Crippen LogP contribution in [0.1, 0.15) is 112 Å². The smallest absolute Gasteiger partial charge is 0.159 e. The lowest BCUT2D eigenvalue weighted by atomic mass is 9.45. The summed E-state index contributed by atoms with van der Waals surface area (Å²) in [4.78, 5) is 12.5. The third kappa shape index (κ3) is 3.25. The van der Waals surface area contributed by atoms with Crippen LogP contribution < -0.4 is 0 Å². The second-order valence-corrected chi connectivity index (χ2v) is 13.4. The van der Waals surface area contributed by atoms with E-state index in [1.165, 1.54) is 63.4 Å². The van der Waals surface area contributed by atoms with Gasteiger partial charge in [0.1, 0.15) is 0 Å². The van der Waals surface area contributed by atoms with Gasteiger partial charge in [-0.05, 0) is 115 Å². The highest BCUT2D eigenvalue weighted by molar-refractivity contribution is 6.02. The molecule has 0 heterocycles. The normalized spacial score (nSPS) is 45.6. The van der Waals surface area contributed by atoms with Crippen molar-refractivity contribution in [2.75, 3.05) is 0 Å². The van der Waals surface area contributed by atoms with Gasteiger partial charge in [-0.3, -0.25) is 4.79 Å². The summed E-state index contributed by atoms with van der Waals surface area (Å²) in [5.41, 5.74) is 3.84. The van der Waals surface area contributed by atoms with Crippen LogP contribution in [0, 0.1) is 58.2 Å². The molecule has 3 saturated carbocycles. The summed E-state index contributed by atoms with van der Waals surface area (Å²) in [6.45, 7) is 15.1. The molecule has 0 amide bonds. The van der Waals surface area contributed by atoms with Crippen molar-refractivity contribution in [1.82, 2.24) is 0 Å². The molecule has 0 unspecified atom stereocenters. The van der Waals surface area contributed by atoms with Gasteiger partial charge in [0.05, 0.1) is 0 Å². The van der Waals surface area contributed by atoms with E-state index in [9.17, 15) is 4.79 Å². The Bertz CT molecular complexity index is 760. The Morgan fingerprint density at radius 3 is 2.45 bits per heavy atom. The Balaban J connectivity index is 1.32. The molecule has 0 saturated heterocycles. The Morgan fingerprint density at radius 2 is 1.74 bits per heavy atom. The number of carbonyl (C=O) groups is 1. The van der Waals surface area contributed by atoms with E-state index in [4.69, 9.17) is 0 Å². The number of hydrogen-bond donors (Lipinski definition) is 0. The summed E-state index contributed by atoms with van der Waals surface area (Å²) < 4.78 is 0. The number of fused-ring (bicyclic) bond motifs is 6. The first-order valence-corrected chi connectivity index (χ1v) is 14.0. The number of allylic oxidation sites excluding steroid dienone is 2. The third-order valence-electron chi connectivity index (χ3n) is 12.1. The second kappa shape index (κ2) is 7.73. The highest BCUT2D eigenvalue weighted by Crippen LogP contribution is 2.71. The van der Waals surface area contributed by atoms with Crippen LogP contribution in [-0.4, -0.2) is 5.78 Å². The predicted molar refractivity (Wildman–Crippen MR) is 130 cm³/mol. The fourth-order valence-corrected chi connectivity index (χ4v) is 10.1. The second-order valence-electron chi connectivity index (χ2n) is 13.4. The minimum Gasteiger partial charge on any atom is -0.295 e. The van der Waals surface area contributed by atoms with Gasteiger partial charge in [-0.15, -0.1) is 0 Å². The van der Waals surface area contributed by atoms with Gasteiger partial charge in [-0.1, -0.05) is 60.0 Å². The van der Waals surface area contributed by atoms with E-state index in [-0.39, 0.29) is 0 Å². The number of Topliss-reactive ketones (excluding diaryl/α,β-unsaturated/α-hetero) is 1. The molecule has 9 atom stereocenters. The summed E-state index contributed by atoms with van der Waals surface area (Å²) in [5, 5.41) is 0. The molecule has 0 radical (unpaired) electrons. The van der Waals surface area contributed by atoms with Gasteiger partial charge in [0.15, 0.2) is 5.78 Å². The quantitative estimate of drug-likeness (QED) is 0.419. The van der Waals surface area contributed by atoms with Crippen molar-refractivity contribution in [2.24, 2.45) is 58.2 Å². The average molecular weight is 425 g/mol. The molecule has 5 aliphatic carbocycles. The van der Waals surface area contributed by atoms with Crippen molar-refractivity contribution in [3.8, 4) is 0 Å². The summed E-state index contributed by atoms with van der Waals surface area (Å²) in [6.07, 6.45) is 14.7. The van der Waals surface area contributed by atoms with E-state index in [0.717, 1.165) is 54.3 Å². The van der Waals surface area contributed by atoms with Crippen molar-refractivity contribution in [1.29, 1.82) is 0 Å². The van der Waals surface area contributed by atoms with Gasteiger partial charge >= 0.3 is 0 Å². The summed E-state index contributed by atoms with van der Waals surface area (Å²) in [7, 11) is 0. The zero-order valence-electron chi connectivity index (χ0n) is 21.3. The first-order valence-electron chi connectivity index (χ1n) is 14.0. The van der Waals surface area contributed by atoms with E-state index >= 15 is 0 Å². The van der Waals surface area contributed by atoms with E-state index in [0.29, 0.717) is 22.5 Å². The van der Waals surface area contributed by atoms with Crippen molar-refractivity contribution in [2.45, 2.75) is 112 Å². The molecule has 5 rings (SSSR count). The van der Waals surface area contributed by atoms with E-state index in [2.05, 4.69) is 41.5 Å². The number of carbonyl (C=O) groups excluding carboxylic acids is 1. The highest BCUT2D eigenvalue weighted by atomic mass is 16.1. The average Bonchev–Trinajstić information content (AvgIpc) is 3.47. The van der Waals surface area contributed by atoms with Crippen LogP contribution in [0.25, 0.3) is 0 Å². The lowest BCUT2D eigenvalue weighted by Gasteiger charge is -2.59. The summed E-state index contributed by atoms with van der Waals surface area (Å²) >= 11 is 0. The van der Waals surface area contributed by atoms with Gasteiger partial charge in [0, 0.05) is 6.42 Å². The fourth-order valence-electron chi connectivity index (χ4n) is 10.1. The van der Waals surface area contributed by atoms with Crippen LogP contribution in [-0.2, 0) is 4.79 Å². The molecule has 0 aliphatic heterocycles. The van der Waals surface area contributed by atoms with Crippen LogP contribution in [0.5, 0.6) is 0 Å². The third-order valence-corrected chi connectivity index (χ3v) is 12.1. The van der Waals surface area contributed by atoms with E-state index in [1.54, 1.807) is 5.57 Å². The van der Waals surface area contributed by atoms with Crippen LogP contribution >= 0.6 is 0 Å². The molecule has 3 fully saturated rings. The molecule has 0 spiro atoms. The fraction of sp³-hybridized carbons (Fsp3) is 0.900. The molecule has 0 N–H and O–H groups in total. The predicted octanol–water partition coefficient (Wildman–Crippen LogP) is 8.23. The molecule has 0 bridgehead atoms. The number of ketones is 1. The molecule has 0 aromatic carbocycles. The van der Waals surface area contributed by atoms with Crippen molar-refractivity contribution < 1.29 is 4.79 Å². The maximum Gasteiger partial charge on any atom is 0.159 e. The van der Waals surface area contributed by atoms with Crippen LogP contribution in [0.4, 0.5) is 0 Å². The monoisotopic (exact) mass is 424 g/mol. The molecule has 5 aliphatic rings. The Hall–Kier alpha value is -0.590. The minimum atomic E-state index is 0.378. The molecule has 31 heavy (non-hydrogen) atoms. The molecular weight excluding hydrogens is 376 g/mol. The van der Waals surface area contributed by atoms with Gasteiger partial charge in [-0.2, -0.15) is 0 Å². The molecule has 0 aromatic rings. The lowest BCUT2D eigenvalue weighted by Crippen LogP contribution is -2.53. The Morgan fingerprint density at radius 1 is 0.968 bits per heavy atom. The summed E-state index contributed by atoms with van der Waals surface area (Å²) in [6, 6.07) is 0. The van der Waals surface area contributed by atoms with Crippen LogP contribution in [0.3, 0.4) is 0 Å². The Labute approximate surface area is 192 Å². The topological polar surface area (TPSA) is 17.1 Å². The standard InChI is InChI=1S/C30H48O/c1-7-20(18(2)3)9-8-19(4)24-12-13-25-22-11-10-21-16-28(31)23-17-27(23)30(21,6)26(22)14-15-29(24,25)5/h18-22,24-26H,7-17H2,1-6H3/t19-,20-,21+,22+,24-,25+,26+,29-,30+/m1/s1. The first-order chi connectivity index (χ1) is 14.7. The molecular formula is C30H48O. The SMILES string of the molecule is CC[C@H](CC[C@@H](C)[C@H]1CC[C@H]2[C@@H]3CC[C@H]4CC(=O)C5=C(C5)[C@]4(C)[C@H]3CC[C@]12C)C(C)C. The van der Waals surface area contributed by atoms with Crippen LogP contribution in [0.15, 0.2) is 11.1 Å². The lowest BCUT2D eigenvalue weighted by molar-refractivity contribution is -0.122. The molecule has 1 heteroatoms. The number of rotatable bonds is 6. The largest absolute Gasteiger partial charge is 0.295 e. The minimum absolute atomic E-state index is 0.378. The van der Waals surface area contributed by atoms with Gasteiger partial charge < -0.3 is 0 Å². The van der Waals surface area contributed by atoms with Gasteiger partial charge in [0.2, 0.25) is 0 Å². The molecule has 174 valence electrons. The highest BCUT2D eigenvalue weighted by Gasteiger charge is 2.63. The molecule has 1 nitrogen and oxygen atoms in total. The molecule has 0 aromatic heterocycles. The maximum absolute atomic E-state index is 12.5. The zero-order chi connectivity index (χ0) is 22.1. The van der Waals surface area contributed by atoms with Crippen molar-refractivity contribution in [3.05, 3.63) is 11.1 Å². The van der Waals surface area contributed by atoms with Crippen LogP contribution in [0.2, 0.25) is 0 Å². The Kier molecular flexibility index (Phi) is 5.54. The van der Waals surface area contributed by atoms with Gasteiger partial charge in [-0.25, -0.2) is 0 Å². The maximum atomic E-state index is 12.5. The summed E-state index contributed by atoms with van der Waals surface area (Å²) in [5.74, 6) is 7.48. The first kappa shape index (κ1) is 22.2. The van der Waals surface area contributed by atoms with Gasteiger partial charge in [0.25, 0.3) is 0 Å².